The average Bonchev–Trinajstić information content (AvgIpc) is 3.07. The molecule has 2 bridgehead atoms. The molecule has 4 aliphatic rings. The molecule has 2 aliphatic carbocycles. The molecule has 110 valence electrons. The maximum Gasteiger partial charge on any atom is 0.233 e. The molecular weight excluding hydrogens is 266 g/mol. The number of hydrogen-bond donors (Lipinski definition) is 1. The van der Waals surface area contributed by atoms with E-state index in [1.54, 1.807) is 0 Å². The third-order valence-corrected chi connectivity index (χ3v) is 6.25. The van der Waals surface area contributed by atoms with Gasteiger partial charge in [-0.2, -0.15) is 0 Å². The second-order valence-electron chi connectivity index (χ2n) is 7.26. The van der Waals surface area contributed by atoms with Crippen LogP contribution < -0.4 is 4.90 Å². The standard InChI is InChI=1S/C17H19NO3/c1-8-4-3-5-9(6-8)18-16(20)12-10-7-11-13(12)17(18,2)21-15(11)14(10)19/h3-6,10-15,19H,7H2,1-2H3/t10-,11-,12-,13+,14-,15+,17-/m1/s1. The lowest BCUT2D eigenvalue weighted by molar-refractivity contribution is -0.131. The van der Waals surface area contributed by atoms with E-state index in [0.717, 1.165) is 17.7 Å². The minimum Gasteiger partial charge on any atom is -0.390 e. The Morgan fingerprint density at radius 3 is 2.95 bits per heavy atom. The van der Waals surface area contributed by atoms with Gasteiger partial charge in [0.25, 0.3) is 0 Å². The Hall–Kier alpha value is -1.39. The lowest BCUT2D eigenvalue weighted by Gasteiger charge is -2.36. The van der Waals surface area contributed by atoms with E-state index in [4.69, 9.17) is 4.74 Å². The number of aliphatic hydroxyl groups excluding tert-OH is 1. The summed E-state index contributed by atoms with van der Waals surface area (Å²) in [6.07, 6.45) is 0.410. The minimum atomic E-state index is -0.586. The number of amides is 1. The topological polar surface area (TPSA) is 49.8 Å². The zero-order chi connectivity index (χ0) is 14.5. The van der Waals surface area contributed by atoms with Crippen LogP contribution in [0.15, 0.2) is 24.3 Å². The number of carbonyl (C=O) groups is 1. The van der Waals surface area contributed by atoms with Gasteiger partial charge in [-0.05, 0) is 49.8 Å². The summed E-state index contributed by atoms with van der Waals surface area (Å²) in [6, 6.07) is 8.04. The number of anilines is 1. The SMILES string of the molecule is Cc1cccc(N2C(=O)[C@@H]3[C@H]4C[C@H]5[C@H](O[C@]2(C)[C@@H]53)[C@@H]4O)c1. The fourth-order valence-corrected chi connectivity index (χ4v) is 5.63. The van der Waals surface area contributed by atoms with Crippen molar-refractivity contribution >= 4 is 11.6 Å². The molecule has 4 nitrogen and oxygen atoms in total. The van der Waals surface area contributed by atoms with E-state index in [1.165, 1.54) is 0 Å². The molecule has 1 aromatic carbocycles. The third kappa shape index (κ3) is 1.19. The highest BCUT2D eigenvalue weighted by atomic mass is 16.6. The molecule has 5 rings (SSSR count). The predicted octanol–water partition coefficient (Wildman–Crippen LogP) is 1.70. The molecule has 1 amide bonds. The maximum absolute atomic E-state index is 13.0. The summed E-state index contributed by atoms with van der Waals surface area (Å²) in [5, 5.41) is 10.4. The predicted molar refractivity (Wildman–Crippen MR) is 76.5 cm³/mol. The van der Waals surface area contributed by atoms with Gasteiger partial charge in [0.15, 0.2) is 0 Å². The Morgan fingerprint density at radius 2 is 2.19 bits per heavy atom. The monoisotopic (exact) mass is 285 g/mol. The number of benzene rings is 1. The van der Waals surface area contributed by atoms with Crippen molar-refractivity contribution in [2.24, 2.45) is 23.7 Å². The lowest BCUT2D eigenvalue weighted by atomic mass is 9.77. The van der Waals surface area contributed by atoms with Crippen LogP contribution in [0.3, 0.4) is 0 Å². The Morgan fingerprint density at radius 1 is 1.38 bits per heavy atom. The number of rotatable bonds is 1. The number of ether oxygens (including phenoxy) is 1. The minimum absolute atomic E-state index is 0.0609. The quantitative estimate of drug-likeness (QED) is 0.854. The van der Waals surface area contributed by atoms with Crippen LogP contribution in [0.1, 0.15) is 18.9 Å². The fourth-order valence-electron chi connectivity index (χ4n) is 5.63. The molecule has 2 saturated carbocycles. The second kappa shape index (κ2) is 3.50. The molecule has 1 N–H and O–H groups in total. The molecule has 0 radical (unpaired) electrons. The molecule has 2 saturated heterocycles. The van der Waals surface area contributed by atoms with Gasteiger partial charge in [-0.25, -0.2) is 0 Å². The molecule has 0 spiro atoms. The largest absolute Gasteiger partial charge is 0.390 e. The molecule has 4 fully saturated rings. The summed E-state index contributed by atoms with van der Waals surface area (Å²) in [4.78, 5) is 14.9. The Kier molecular flexibility index (Phi) is 2.03. The van der Waals surface area contributed by atoms with Crippen LogP contribution in [0.25, 0.3) is 0 Å². The number of aliphatic hydroxyl groups is 1. The van der Waals surface area contributed by atoms with E-state index in [1.807, 2.05) is 43.0 Å². The van der Waals surface area contributed by atoms with Crippen LogP contribution in [0.2, 0.25) is 0 Å². The summed E-state index contributed by atoms with van der Waals surface area (Å²) in [6.45, 7) is 4.07. The number of hydrogen-bond acceptors (Lipinski definition) is 3. The zero-order valence-corrected chi connectivity index (χ0v) is 12.2. The first-order chi connectivity index (χ1) is 10.0. The van der Waals surface area contributed by atoms with Gasteiger partial charge in [-0.1, -0.05) is 12.1 Å². The maximum atomic E-state index is 13.0. The van der Waals surface area contributed by atoms with Crippen molar-refractivity contribution in [2.45, 2.75) is 38.2 Å². The molecule has 21 heavy (non-hydrogen) atoms. The highest BCUT2D eigenvalue weighted by Crippen LogP contribution is 2.67. The van der Waals surface area contributed by atoms with Gasteiger partial charge < -0.3 is 9.84 Å². The van der Waals surface area contributed by atoms with Crippen LogP contribution in [0.5, 0.6) is 0 Å². The van der Waals surface area contributed by atoms with Crippen LogP contribution >= 0.6 is 0 Å². The van der Waals surface area contributed by atoms with Gasteiger partial charge in [0.05, 0.1) is 18.1 Å². The van der Waals surface area contributed by atoms with Gasteiger partial charge in [0, 0.05) is 11.6 Å². The summed E-state index contributed by atoms with van der Waals surface area (Å²) < 4.78 is 6.26. The number of aryl methyl sites for hydroxylation is 1. The first kappa shape index (κ1) is 12.2. The molecule has 2 heterocycles. The van der Waals surface area contributed by atoms with Gasteiger partial charge in [0.1, 0.15) is 5.72 Å². The zero-order valence-electron chi connectivity index (χ0n) is 12.2. The molecule has 0 aromatic heterocycles. The summed E-state index contributed by atoms with van der Waals surface area (Å²) in [7, 11) is 0. The Bertz CT molecular complexity index is 659. The first-order valence-corrected chi connectivity index (χ1v) is 7.79. The van der Waals surface area contributed by atoms with Gasteiger partial charge in [-0.15, -0.1) is 0 Å². The van der Waals surface area contributed by atoms with Crippen molar-refractivity contribution < 1.29 is 14.6 Å². The van der Waals surface area contributed by atoms with Crippen LogP contribution in [0, 0.1) is 30.6 Å². The Labute approximate surface area is 123 Å². The van der Waals surface area contributed by atoms with Crippen LogP contribution in [-0.4, -0.2) is 28.9 Å². The van der Waals surface area contributed by atoms with Crippen molar-refractivity contribution in [3.63, 3.8) is 0 Å². The second-order valence-corrected chi connectivity index (χ2v) is 7.26. The fraction of sp³-hybridized carbons (Fsp3) is 0.588. The van der Waals surface area contributed by atoms with Crippen molar-refractivity contribution in [1.82, 2.24) is 0 Å². The van der Waals surface area contributed by atoms with E-state index >= 15 is 0 Å². The van der Waals surface area contributed by atoms with Crippen molar-refractivity contribution in [2.75, 3.05) is 4.90 Å². The van der Waals surface area contributed by atoms with E-state index < -0.39 is 11.8 Å². The Balaban J connectivity index is 1.66. The van der Waals surface area contributed by atoms with Crippen LogP contribution in [0.4, 0.5) is 5.69 Å². The summed E-state index contributed by atoms with van der Waals surface area (Å²) >= 11 is 0. The lowest BCUT2D eigenvalue weighted by Crippen LogP contribution is -2.49. The number of carbonyl (C=O) groups excluding carboxylic acids is 1. The van der Waals surface area contributed by atoms with Crippen LogP contribution in [-0.2, 0) is 9.53 Å². The smallest absolute Gasteiger partial charge is 0.233 e. The van der Waals surface area contributed by atoms with E-state index in [0.29, 0.717) is 5.92 Å². The first-order valence-electron chi connectivity index (χ1n) is 7.79. The van der Waals surface area contributed by atoms with E-state index in [-0.39, 0.29) is 29.8 Å². The average molecular weight is 285 g/mol. The molecule has 1 aromatic rings. The van der Waals surface area contributed by atoms with Gasteiger partial charge in [0.2, 0.25) is 5.91 Å². The number of nitrogens with zero attached hydrogens (tertiary/aromatic N) is 1. The third-order valence-electron chi connectivity index (χ3n) is 6.25. The van der Waals surface area contributed by atoms with E-state index in [2.05, 4.69) is 0 Å². The molecule has 2 aliphatic heterocycles. The van der Waals surface area contributed by atoms with Crippen molar-refractivity contribution in [1.29, 1.82) is 0 Å². The molecular formula is C17H19NO3. The molecule has 7 atom stereocenters. The highest BCUT2D eigenvalue weighted by molar-refractivity contribution is 6.00. The molecule has 4 heteroatoms. The highest BCUT2D eigenvalue weighted by Gasteiger charge is 2.77. The number of fused-ring (bicyclic) bond motifs is 2. The molecule has 0 unspecified atom stereocenters. The van der Waals surface area contributed by atoms with E-state index in [9.17, 15) is 9.90 Å². The van der Waals surface area contributed by atoms with Crippen molar-refractivity contribution in [3.8, 4) is 0 Å². The normalized spacial score (nSPS) is 49.5. The van der Waals surface area contributed by atoms with Gasteiger partial charge >= 0.3 is 0 Å². The summed E-state index contributed by atoms with van der Waals surface area (Å²) in [5.74, 6) is 0.754. The van der Waals surface area contributed by atoms with Gasteiger partial charge in [-0.3, -0.25) is 9.69 Å². The summed E-state index contributed by atoms with van der Waals surface area (Å²) in [5.41, 5.74) is 1.48. The van der Waals surface area contributed by atoms with Crippen molar-refractivity contribution in [3.05, 3.63) is 29.8 Å².